The summed E-state index contributed by atoms with van der Waals surface area (Å²) in [5.41, 5.74) is 1.98. The first-order valence-corrected chi connectivity index (χ1v) is 7.96. The zero-order chi connectivity index (χ0) is 17.1. The number of hydrogen-bond donors (Lipinski definition) is 2. The number of anilines is 1. The summed E-state index contributed by atoms with van der Waals surface area (Å²) >= 11 is 0. The summed E-state index contributed by atoms with van der Waals surface area (Å²) in [5.74, 6) is 0.137. The molecule has 0 radical (unpaired) electrons. The van der Waals surface area contributed by atoms with Crippen LogP contribution in [0, 0.1) is 17.7 Å². The number of halogens is 1. The van der Waals surface area contributed by atoms with E-state index in [0.717, 1.165) is 12.0 Å². The molecule has 0 aromatic heterocycles. The molecular weight excluding hydrogens is 307 g/mol. The molecule has 0 bridgehead atoms. The number of rotatable bonds is 5. The first-order valence-electron chi connectivity index (χ1n) is 7.96. The van der Waals surface area contributed by atoms with Gasteiger partial charge in [-0.3, -0.25) is 9.59 Å². The van der Waals surface area contributed by atoms with Crippen LogP contribution in [0.5, 0.6) is 0 Å². The maximum Gasteiger partial charge on any atom is 0.255 e. The van der Waals surface area contributed by atoms with Crippen LogP contribution in [-0.4, -0.2) is 11.8 Å². The van der Waals surface area contributed by atoms with Crippen LogP contribution in [0.3, 0.4) is 0 Å². The lowest BCUT2D eigenvalue weighted by atomic mass is 10.1. The van der Waals surface area contributed by atoms with Gasteiger partial charge in [0.05, 0.1) is 0 Å². The topological polar surface area (TPSA) is 58.2 Å². The molecule has 1 aliphatic rings. The molecule has 0 heterocycles. The zero-order valence-electron chi connectivity index (χ0n) is 13.4. The molecule has 24 heavy (non-hydrogen) atoms. The molecule has 4 nitrogen and oxygen atoms in total. The van der Waals surface area contributed by atoms with E-state index >= 15 is 0 Å². The average molecular weight is 326 g/mol. The lowest BCUT2D eigenvalue weighted by molar-refractivity contribution is -0.122. The molecule has 0 unspecified atom stereocenters. The summed E-state index contributed by atoms with van der Waals surface area (Å²) < 4.78 is 12.9. The first kappa shape index (κ1) is 16.2. The molecule has 0 saturated heterocycles. The molecule has 0 spiro atoms. The van der Waals surface area contributed by atoms with Gasteiger partial charge in [0.2, 0.25) is 5.91 Å². The fourth-order valence-corrected chi connectivity index (χ4v) is 2.52. The van der Waals surface area contributed by atoms with E-state index in [2.05, 4.69) is 17.6 Å². The summed E-state index contributed by atoms with van der Waals surface area (Å²) in [6.07, 6.45) is 0.967. The van der Waals surface area contributed by atoms with E-state index in [9.17, 15) is 14.0 Å². The number of amides is 2. The van der Waals surface area contributed by atoms with Crippen LogP contribution >= 0.6 is 0 Å². The second-order valence-corrected chi connectivity index (χ2v) is 6.20. The van der Waals surface area contributed by atoms with E-state index in [1.165, 1.54) is 24.3 Å². The van der Waals surface area contributed by atoms with Crippen LogP contribution in [0.1, 0.15) is 29.3 Å². The second kappa shape index (κ2) is 6.83. The minimum absolute atomic E-state index is 0.0978. The van der Waals surface area contributed by atoms with Gasteiger partial charge in [0.25, 0.3) is 5.91 Å². The molecule has 124 valence electrons. The Balaban J connectivity index is 1.54. The van der Waals surface area contributed by atoms with Gasteiger partial charge in [-0.2, -0.15) is 0 Å². The van der Waals surface area contributed by atoms with Gasteiger partial charge in [-0.1, -0.05) is 19.1 Å². The summed E-state index contributed by atoms with van der Waals surface area (Å²) in [4.78, 5) is 23.9. The van der Waals surface area contributed by atoms with Crippen molar-refractivity contribution < 1.29 is 14.0 Å². The lowest BCUT2D eigenvalue weighted by Crippen LogP contribution is -2.24. The van der Waals surface area contributed by atoms with Crippen molar-refractivity contribution in [3.63, 3.8) is 0 Å². The van der Waals surface area contributed by atoms with Crippen LogP contribution in [0.4, 0.5) is 10.1 Å². The van der Waals surface area contributed by atoms with Crippen LogP contribution in [0.15, 0.2) is 48.5 Å². The standard InChI is InChI=1S/C19H19FN2O2/c1-12-10-17(12)19(24)21-11-13-2-4-14(5-3-13)18(23)22-16-8-6-15(20)7-9-16/h2-9,12,17H,10-11H2,1H3,(H,21,24)(H,22,23)/t12-,17-/m0/s1. The Morgan fingerprint density at radius 1 is 1.08 bits per heavy atom. The summed E-state index contributed by atoms with van der Waals surface area (Å²) in [5, 5.41) is 5.62. The Morgan fingerprint density at radius 2 is 1.71 bits per heavy atom. The molecule has 2 amide bonds. The van der Waals surface area contributed by atoms with Gasteiger partial charge in [0.1, 0.15) is 5.82 Å². The summed E-state index contributed by atoms with van der Waals surface area (Å²) in [6.45, 7) is 2.53. The lowest BCUT2D eigenvalue weighted by Gasteiger charge is -2.07. The maximum absolute atomic E-state index is 12.9. The van der Waals surface area contributed by atoms with Gasteiger partial charge in [-0.15, -0.1) is 0 Å². The highest BCUT2D eigenvalue weighted by atomic mass is 19.1. The Morgan fingerprint density at radius 3 is 2.29 bits per heavy atom. The highest BCUT2D eigenvalue weighted by Crippen LogP contribution is 2.37. The zero-order valence-corrected chi connectivity index (χ0v) is 13.4. The third-order valence-electron chi connectivity index (χ3n) is 4.23. The van der Waals surface area contributed by atoms with Crippen molar-refractivity contribution >= 4 is 17.5 Å². The quantitative estimate of drug-likeness (QED) is 0.885. The molecular formula is C19H19FN2O2. The average Bonchev–Trinajstić information content (AvgIpc) is 3.32. The molecule has 1 fully saturated rings. The minimum atomic E-state index is -0.347. The van der Waals surface area contributed by atoms with E-state index in [1.54, 1.807) is 12.1 Å². The molecule has 0 aliphatic heterocycles. The monoisotopic (exact) mass is 326 g/mol. The number of benzene rings is 2. The predicted molar refractivity (Wildman–Crippen MR) is 89.9 cm³/mol. The van der Waals surface area contributed by atoms with Crippen LogP contribution in [-0.2, 0) is 11.3 Å². The number of nitrogens with one attached hydrogen (secondary N) is 2. The highest BCUT2D eigenvalue weighted by molar-refractivity contribution is 6.04. The summed E-state index contributed by atoms with van der Waals surface area (Å²) in [7, 11) is 0. The molecule has 2 aromatic carbocycles. The number of carbonyl (C=O) groups excluding carboxylic acids is 2. The van der Waals surface area contributed by atoms with Gasteiger partial charge in [0, 0.05) is 23.7 Å². The van der Waals surface area contributed by atoms with E-state index in [1.807, 2.05) is 12.1 Å². The minimum Gasteiger partial charge on any atom is -0.352 e. The third kappa shape index (κ3) is 3.98. The Hall–Kier alpha value is -2.69. The Labute approximate surface area is 140 Å². The van der Waals surface area contributed by atoms with Crippen LogP contribution < -0.4 is 10.6 Å². The Bertz CT molecular complexity index is 741. The molecule has 2 aromatic rings. The van der Waals surface area contributed by atoms with Crippen molar-refractivity contribution in [2.45, 2.75) is 19.9 Å². The van der Waals surface area contributed by atoms with Crippen molar-refractivity contribution in [2.24, 2.45) is 11.8 Å². The fourth-order valence-electron chi connectivity index (χ4n) is 2.52. The molecule has 2 N–H and O–H groups in total. The Kier molecular flexibility index (Phi) is 4.60. The van der Waals surface area contributed by atoms with Crippen LogP contribution in [0.25, 0.3) is 0 Å². The first-order chi connectivity index (χ1) is 11.5. The predicted octanol–water partition coefficient (Wildman–Crippen LogP) is 3.35. The van der Waals surface area contributed by atoms with Crippen molar-refractivity contribution in [3.8, 4) is 0 Å². The second-order valence-electron chi connectivity index (χ2n) is 6.20. The maximum atomic E-state index is 12.9. The van der Waals surface area contributed by atoms with Gasteiger partial charge >= 0.3 is 0 Å². The smallest absolute Gasteiger partial charge is 0.255 e. The number of carbonyl (C=O) groups is 2. The van der Waals surface area contributed by atoms with E-state index < -0.39 is 0 Å². The largest absolute Gasteiger partial charge is 0.352 e. The SMILES string of the molecule is C[C@H]1C[C@@H]1C(=O)NCc1ccc(C(=O)Nc2ccc(F)cc2)cc1. The van der Waals surface area contributed by atoms with E-state index in [0.29, 0.717) is 23.7 Å². The van der Waals surface area contributed by atoms with Crippen molar-refractivity contribution in [3.05, 3.63) is 65.5 Å². The third-order valence-corrected chi connectivity index (χ3v) is 4.23. The molecule has 1 aliphatic carbocycles. The molecule has 3 rings (SSSR count). The van der Waals surface area contributed by atoms with Gasteiger partial charge in [-0.25, -0.2) is 4.39 Å². The normalized spacial score (nSPS) is 18.8. The summed E-state index contributed by atoms with van der Waals surface area (Å²) in [6, 6.07) is 12.7. The van der Waals surface area contributed by atoms with Gasteiger partial charge in [-0.05, 0) is 54.3 Å². The van der Waals surface area contributed by atoms with Crippen LogP contribution in [0.2, 0.25) is 0 Å². The van der Waals surface area contributed by atoms with Gasteiger partial charge < -0.3 is 10.6 Å². The van der Waals surface area contributed by atoms with Crippen molar-refractivity contribution in [1.29, 1.82) is 0 Å². The molecule has 5 heteroatoms. The van der Waals surface area contributed by atoms with Gasteiger partial charge in [0.15, 0.2) is 0 Å². The molecule has 1 saturated carbocycles. The molecule has 2 atom stereocenters. The van der Waals surface area contributed by atoms with E-state index in [-0.39, 0.29) is 23.5 Å². The fraction of sp³-hybridized carbons (Fsp3) is 0.263. The number of hydrogen-bond acceptors (Lipinski definition) is 2. The van der Waals surface area contributed by atoms with Crippen molar-refractivity contribution in [1.82, 2.24) is 5.32 Å². The van der Waals surface area contributed by atoms with Crippen molar-refractivity contribution in [2.75, 3.05) is 5.32 Å². The highest BCUT2D eigenvalue weighted by Gasteiger charge is 2.38. The van der Waals surface area contributed by atoms with E-state index in [4.69, 9.17) is 0 Å².